The molecular weight excluding hydrogens is 332 g/mol. The van der Waals surface area contributed by atoms with Crippen LogP contribution in [0.1, 0.15) is 32.4 Å². The first-order chi connectivity index (χ1) is 10.8. The van der Waals surface area contributed by atoms with E-state index in [1.54, 1.807) is 4.68 Å². The fraction of sp³-hybridized carbons (Fsp3) is 0.400. The zero-order valence-corrected chi connectivity index (χ0v) is 15.1. The predicted molar refractivity (Wildman–Crippen MR) is 94.2 cm³/mol. The van der Waals surface area contributed by atoms with Gasteiger partial charge in [0.2, 0.25) is 5.16 Å². The minimum absolute atomic E-state index is 0.144. The molecule has 0 radical (unpaired) electrons. The molecule has 2 N–H and O–H groups in total. The number of halogens is 1. The van der Waals surface area contributed by atoms with E-state index >= 15 is 0 Å². The number of aryl methyl sites for hydroxylation is 1. The highest BCUT2D eigenvalue weighted by atomic mass is 35.5. The average molecular weight is 351 g/mol. The van der Waals surface area contributed by atoms with Crippen molar-refractivity contribution in [2.24, 2.45) is 7.05 Å². The molecule has 2 aromatic heterocycles. The summed E-state index contributed by atoms with van der Waals surface area (Å²) in [5.74, 6) is 8.47. The zero-order valence-electron chi connectivity index (χ0n) is 13.5. The van der Waals surface area contributed by atoms with Crippen molar-refractivity contribution in [1.82, 2.24) is 24.4 Å². The fourth-order valence-electron chi connectivity index (χ4n) is 2.37. The van der Waals surface area contributed by atoms with Crippen molar-refractivity contribution in [2.75, 3.05) is 5.84 Å². The molecule has 0 bridgehead atoms. The maximum atomic E-state index is 6.11. The van der Waals surface area contributed by atoms with Gasteiger partial charge in [0.05, 0.1) is 16.8 Å². The molecular formula is C15H19ClN6S. The van der Waals surface area contributed by atoms with Gasteiger partial charge < -0.3 is 10.4 Å². The molecule has 2 heterocycles. The van der Waals surface area contributed by atoms with Gasteiger partial charge in [-0.1, -0.05) is 44.1 Å². The van der Waals surface area contributed by atoms with Gasteiger partial charge in [0, 0.05) is 17.5 Å². The number of fused-ring (bicyclic) bond motifs is 1. The first-order valence-corrected chi connectivity index (χ1v) is 8.58. The quantitative estimate of drug-likeness (QED) is 0.580. The third kappa shape index (κ3) is 3.03. The number of imidazole rings is 1. The Labute approximate surface area is 144 Å². The molecule has 0 saturated carbocycles. The SMILES string of the molecule is Cn1c(CSc2nnc(C(C)(C)C)n2N)nc2cc(Cl)ccc21. The number of thioether (sulfide) groups is 1. The second-order valence-electron chi connectivity index (χ2n) is 6.43. The van der Waals surface area contributed by atoms with Gasteiger partial charge in [-0.3, -0.25) is 0 Å². The molecule has 6 nitrogen and oxygen atoms in total. The first-order valence-electron chi connectivity index (χ1n) is 7.22. The summed E-state index contributed by atoms with van der Waals surface area (Å²) in [6.07, 6.45) is 0. The second-order valence-corrected chi connectivity index (χ2v) is 7.81. The number of benzene rings is 1. The summed E-state index contributed by atoms with van der Waals surface area (Å²) in [6.45, 7) is 6.18. The lowest BCUT2D eigenvalue weighted by Crippen LogP contribution is -2.24. The molecule has 0 aliphatic carbocycles. The standard InChI is InChI=1S/C15H19ClN6S/c1-15(2,3)13-19-20-14(22(13)17)23-8-12-18-10-7-9(16)5-6-11(10)21(12)4/h5-7H,8,17H2,1-4H3. The van der Waals surface area contributed by atoms with Crippen LogP contribution in [0.5, 0.6) is 0 Å². The molecule has 23 heavy (non-hydrogen) atoms. The van der Waals surface area contributed by atoms with Crippen LogP contribution in [0.4, 0.5) is 0 Å². The third-order valence-corrected chi connectivity index (χ3v) is 4.78. The summed E-state index contributed by atoms with van der Waals surface area (Å²) >= 11 is 7.55. The van der Waals surface area contributed by atoms with Crippen LogP contribution in [-0.2, 0) is 18.2 Å². The lowest BCUT2D eigenvalue weighted by Gasteiger charge is -2.16. The summed E-state index contributed by atoms with van der Waals surface area (Å²) in [7, 11) is 1.99. The Balaban J connectivity index is 1.84. The Morgan fingerprint density at radius 2 is 2.00 bits per heavy atom. The maximum absolute atomic E-state index is 6.11. The zero-order chi connectivity index (χ0) is 16.8. The molecule has 0 amide bonds. The van der Waals surface area contributed by atoms with E-state index in [0.29, 0.717) is 15.9 Å². The molecule has 0 saturated heterocycles. The molecule has 0 atom stereocenters. The van der Waals surface area contributed by atoms with Crippen LogP contribution in [0.15, 0.2) is 23.4 Å². The number of nitrogens with zero attached hydrogens (tertiary/aromatic N) is 5. The summed E-state index contributed by atoms with van der Waals surface area (Å²) < 4.78 is 3.62. The van der Waals surface area contributed by atoms with Crippen molar-refractivity contribution in [3.8, 4) is 0 Å². The average Bonchev–Trinajstić information content (AvgIpc) is 2.97. The van der Waals surface area contributed by atoms with Gasteiger partial charge >= 0.3 is 0 Å². The van der Waals surface area contributed by atoms with Crippen LogP contribution in [0.2, 0.25) is 5.02 Å². The van der Waals surface area contributed by atoms with E-state index in [9.17, 15) is 0 Å². The van der Waals surface area contributed by atoms with E-state index < -0.39 is 0 Å². The summed E-state index contributed by atoms with van der Waals surface area (Å²) in [5.41, 5.74) is 1.80. The van der Waals surface area contributed by atoms with Crippen molar-refractivity contribution >= 4 is 34.4 Å². The molecule has 1 aromatic carbocycles. The molecule has 3 aromatic rings. The van der Waals surface area contributed by atoms with Gasteiger partial charge in [-0.2, -0.15) is 0 Å². The smallest absolute Gasteiger partial charge is 0.210 e. The number of nitrogens with two attached hydrogens (primary N) is 1. The van der Waals surface area contributed by atoms with Crippen molar-refractivity contribution in [3.63, 3.8) is 0 Å². The van der Waals surface area contributed by atoms with Crippen LogP contribution in [0.25, 0.3) is 11.0 Å². The van der Waals surface area contributed by atoms with Crippen molar-refractivity contribution < 1.29 is 0 Å². The molecule has 8 heteroatoms. The van der Waals surface area contributed by atoms with Crippen molar-refractivity contribution in [2.45, 2.75) is 37.1 Å². The molecule has 0 fully saturated rings. The predicted octanol–water partition coefficient (Wildman–Crippen LogP) is 3.12. The van der Waals surface area contributed by atoms with E-state index in [0.717, 1.165) is 22.7 Å². The lowest BCUT2D eigenvalue weighted by molar-refractivity contribution is 0.523. The number of hydrogen-bond donors (Lipinski definition) is 1. The topological polar surface area (TPSA) is 74.5 Å². The molecule has 0 unspecified atom stereocenters. The molecule has 3 rings (SSSR count). The Hall–Kier alpha value is -1.73. The highest BCUT2D eigenvalue weighted by Gasteiger charge is 2.23. The lowest BCUT2D eigenvalue weighted by atomic mass is 9.96. The van der Waals surface area contributed by atoms with Crippen molar-refractivity contribution in [3.05, 3.63) is 34.9 Å². The Morgan fingerprint density at radius 3 is 2.65 bits per heavy atom. The van der Waals surface area contributed by atoms with Crippen LogP contribution < -0.4 is 5.84 Å². The van der Waals surface area contributed by atoms with Gasteiger partial charge in [0.25, 0.3) is 0 Å². The molecule has 0 aliphatic heterocycles. The highest BCUT2D eigenvalue weighted by Crippen LogP contribution is 2.27. The summed E-state index contributed by atoms with van der Waals surface area (Å²) in [4.78, 5) is 4.63. The number of nitrogen functional groups attached to an aromatic ring is 1. The summed E-state index contributed by atoms with van der Waals surface area (Å²) in [6, 6.07) is 5.71. The van der Waals surface area contributed by atoms with E-state index in [1.165, 1.54) is 11.8 Å². The number of aromatic nitrogens is 5. The monoisotopic (exact) mass is 350 g/mol. The van der Waals surface area contributed by atoms with E-state index in [2.05, 4.69) is 40.5 Å². The Kier molecular flexibility index (Phi) is 4.01. The minimum Gasteiger partial charge on any atom is -0.336 e. The summed E-state index contributed by atoms with van der Waals surface area (Å²) in [5, 5.41) is 9.75. The van der Waals surface area contributed by atoms with Gasteiger partial charge in [0.15, 0.2) is 5.82 Å². The third-order valence-electron chi connectivity index (χ3n) is 3.60. The first kappa shape index (κ1) is 16.1. The molecule has 0 aliphatic rings. The second kappa shape index (κ2) is 5.72. The molecule has 122 valence electrons. The van der Waals surface area contributed by atoms with Crippen LogP contribution in [0, 0.1) is 0 Å². The van der Waals surface area contributed by atoms with Gasteiger partial charge in [-0.25, -0.2) is 9.66 Å². The van der Waals surface area contributed by atoms with Gasteiger partial charge in [0.1, 0.15) is 5.82 Å². The van der Waals surface area contributed by atoms with Gasteiger partial charge in [-0.05, 0) is 18.2 Å². The number of hydrogen-bond acceptors (Lipinski definition) is 5. The van der Waals surface area contributed by atoms with Crippen LogP contribution >= 0.6 is 23.4 Å². The van der Waals surface area contributed by atoms with E-state index in [-0.39, 0.29) is 5.41 Å². The van der Waals surface area contributed by atoms with E-state index in [1.807, 2.05) is 25.2 Å². The highest BCUT2D eigenvalue weighted by molar-refractivity contribution is 7.98. The molecule has 0 spiro atoms. The number of rotatable bonds is 3. The van der Waals surface area contributed by atoms with E-state index in [4.69, 9.17) is 17.4 Å². The largest absolute Gasteiger partial charge is 0.336 e. The fourth-order valence-corrected chi connectivity index (χ4v) is 3.37. The Morgan fingerprint density at radius 1 is 1.26 bits per heavy atom. The maximum Gasteiger partial charge on any atom is 0.210 e. The van der Waals surface area contributed by atoms with Crippen molar-refractivity contribution in [1.29, 1.82) is 0 Å². The minimum atomic E-state index is -0.144. The Bertz CT molecular complexity index is 861. The van der Waals surface area contributed by atoms with Crippen LogP contribution in [-0.4, -0.2) is 24.4 Å². The van der Waals surface area contributed by atoms with Gasteiger partial charge in [-0.15, -0.1) is 10.2 Å². The van der Waals surface area contributed by atoms with Crippen LogP contribution in [0.3, 0.4) is 0 Å². The normalized spacial score (nSPS) is 12.2.